The van der Waals surface area contributed by atoms with Gasteiger partial charge in [-0.05, 0) is 55.2 Å². The molecule has 0 bridgehead atoms. The average molecular weight is 379 g/mol. The van der Waals surface area contributed by atoms with Gasteiger partial charge in [0.25, 0.3) is 0 Å². The van der Waals surface area contributed by atoms with Gasteiger partial charge >= 0.3 is 0 Å². The summed E-state index contributed by atoms with van der Waals surface area (Å²) < 4.78 is 2.12. The Hall–Kier alpha value is -1.96. The van der Waals surface area contributed by atoms with E-state index in [1.807, 2.05) is 30.5 Å². The number of halogens is 1. The molecule has 1 amide bonds. The van der Waals surface area contributed by atoms with Crippen LogP contribution in [0.2, 0.25) is 5.02 Å². The summed E-state index contributed by atoms with van der Waals surface area (Å²) in [5, 5.41) is 12.5. The molecule has 0 aliphatic rings. The first-order chi connectivity index (χ1) is 11.5. The van der Waals surface area contributed by atoms with Gasteiger partial charge in [0.05, 0.1) is 4.88 Å². The minimum absolute atomic E-state index is 0.185. The van der Waals surface area contributed by atoms with Gasteiger partial charge in [0.1, 0.15) is 6.04 Å². The quantitative estimate of drug-likeness (QED) is 0.639. The van der Waals surface area contributed by atoms with Gasteiger partial charge in [0.15, 0.2) is 10.6 Å². The van der Waals surface area contributed by atoms with Crippen LogP contribution in [0.5, 0.6) is 0 Å². The molecule has 5 nitrogen and oxygen atoms in total. The lowest BCUT2D eigenvalue weighted by atomic mass is 10.2. The number of aromatic nitrogens is 3. The predicted molar refractivity (Wildman–Crippen MR) is 100 cm³/mol. The maximum Gasteiger partial charge on any atom is 0.247 e. The van der Waals surface area contributed by atoms with E-state index in [-0.39, 0.29) is 5.91 Å². The molecule has 2 N–H and O–H groups in total. The normalized spacial score (nSPS) is 12.1. The fraction of sp³-hybridized carbons (Fsp3) is 0.188. The summed E-state index contributed by atoms with van der Waals surface area (Å²) in [4.78, 5) is 13.6. The molecule has 2 heterocycles. The van der Waals surface area contributed by atoms with Crippen molar-refractivity contribution >= 4 is 46.8 Å². The molecular formula is C16H15ClN4OS2. The van der Waals surface area contributed by atoms with E-state index in [1.165, 1.54) is 0 Å². The number of anilines is 1. The van der Waals surface area contributed by atoms with Crippen LogP contribution in [0, 0.1) is 11.7 Å². The number of amides is 1. The molecule has 0 fully saturated rings. The highest BCUT2D eigenvalue weighted by atomic mass is 35.5. The predicted octanol–water partition coefficient (Wildman–Crippen LogP) is 4.83. The molecule has 0 aliphatic heterocycles. The fourth-order valence-corrected chi connectivity index (χ4v) is 3.50. The number of aromatic amines is 1. The molecule has 3 aromatic rings. The second-order valence-electron chi connectivity index (χ2n) is 5.32. The lowest BCUT2D eigenvalue weighted by molar-refractivity contribution is -0.118. The summed E-state index contributed by atoms with van der Waals surface area (Å²) in [6.07, 6.45) is 0. The zero-order chi connectivity index (χ0) is 17.3. The lowest BCUT2D eigenvalue weighted by Gasteiger charge is -2.16. The van der Waals surface area contributed by atoms with Gasteiger partial charge < -0.3 is 5.32 Å². The molecule has 2 aromatic heterocycles. The number of carbonyl (C=O) groups is 1. The van der Waals surface area contributed by atoms with Gasteiger partial charge in [-0.25, -0.2) is 0 Å². The topological polar surface area (TPSA) is 62.7 Å². The summed E-state index contributed by atoms with van der Waals surface area (Å²) in [5.74, 6) is 0.469. The van der Waals surface area contributed by atoms with E-state index >= 15 is 0 Å². The largest absolute Gasteiger partial charge is 0.324 e. The van der Waals surface area contributed by atoms with Crippen LogP contribution in [0.1, 0.15) is 18.5 Å². The van der Waals surface area contributed by atoms with Gasteiger partial charge in [0.2, 0.25) is 5.91 Å². The molecule has 124 valence electrons. The van der Waals surface area contributed by atoms with Crippen LogP contribution < -0.4 is 5.32 Å². The third kappa shape index (κ3) is 3.28. The van der Waals surface area contributed by atoms with Crippen LogP contribution in [0.25, 0.3) is 10.7 Å². The van der Waals surface area contributed by atoms with Crippen LogP contribution in [0.15, 0.2) is 35.7 Å². The number of rotatable bonds is 4. The van der Waals surface area contributed by atoms with Gasteiger partial charge in [0, 0.05) is 10.7 Å². The maximum absolute atomic E-state index is 12.7. The van der Waals surface area contributed by atoms with Crippen molar-refractivity contribution in [1.29, 1.82) is 0 Å². The van der Waals surface area contributed by atoms with Gasteiger partial charge in [-0.1, -0.05) is 23.7 Å². The molecule has 1 atom stereocenters. The number of benzene rings is 1. The van der Waals surface area contributed by atoms with Crippen LogP contribution >= 0.6 is 35.2 Å². The zero-order valence-corrected chi connectivity index (χ0v) is 15.4. The first-order valence-corrected chi connectivity index (χ1v) is 8.91. The number of aryl methyl sites for hydroxylation is 1. The first kappa shape index (κ1) is 16.9. The summed E-state index contributed by atoms with van der Waals surface area (Å²) in [7, 11) is 0. The van der Waals surface area contributed by atoms with Crippen molar-refractivity contribution in [2.24, 2.45) is 0 Å². The van der Waals surface area contributed by atoms with E-state index in [4.69, 9.17) is 23.8 Å². The Balaban J connectivity index is 1.91. The van der Waals surface area contributed by atoms with Crippen LogP contribution in [-0.4, -0.2) is 20.7 Å². The SMILES string of the molecule is Cc1ccc(Cl)cc1NC(=O)[C@H](C)n1c(-c2cccs2)n[nH]c1=S. The molecule has 3 rings (SSSR count). The minimum Gasteiger partial charge on any atom is -0.324 e. The molecule has 0 unspecified atom stereocenters. The van der Waals surface area contributed by atoms with E-state index in [1.54, 1.807) is 35.0 Å². The number of hydrogen-bond acceptors (Lipinski definition) is 4. The Morgan fingerprint density at radius 3 is 2.96 bits per heavy atom. The highest BCUT2D eigenvalue weighted by Gasteiger charge is 2.21. The lowest BCUT2D eigenvalue weighted by Crippen LogP contribution is -2.24. The van der Waals surface area contributed by atoms with Crippen molar-refractivity contribution in [3.63, 3.8) is 0 Å². The Kier molecular flexibility index (Phi) is 4.84. The van der Waals surface area contributed by atoms with E-state index < -0.39 is 6.04 Å². The Labute approximate surface area is 153 Å². The maximum atomic E-state index is 12.7. The number of thiophene rings is 1. The van der Waals surface area contributed by atoms with Gasteiger partial charge in [-0.3, -0.25) is 14.5 Å². The van der Waals surface area contributed by atoms with Gasteiger partial charge in [-0.15, -0.1) is 11.3 Å². The smallest absolute Gasteiger partial charge is 0.247 e. The van der Waals surface area contributed by atoms with Gasteiger partial charge in [-0.2, -0.15) is 5.10 Å². The standard InChI is InChI=1S/C16H15ClN4OS2/c1-9-5-6-11(17)8-12(9)18-15(22)10(2)21-14(19-20-16(21)23)13-4-3-7-24-13/h3-8,10H,1-2H3,(H,18,22)(H,20,23)/t10-/m0/s1. The number of nitrogens with one attached hydrogen (secondary N) is 2. The summed E-state index contributed by atoms with van der Waals surface area (Å²) in [6.45, 7) is 3.70. The van der Waals surface area contributed by atoms with Crippen molar-refractivity contribution < 1.29 is 4.79 Å². The molecular weight excluding hydrogens is 364 g/mol. The number of H-pyrrole nitrogens is 1. The van der Waals surface area contributed by atoms with E-state index in [0.717, 1.165) is 10.4 Å². The summed E-state index contributed by atoms with van der Waals surface area (Å²) in [5.41, 5.74) is 1.63. The van der Waals surface area contributed by atoms with Crippen LogP contribution in [0.3, 0.4) is 0 Å². The number of hydrogen-bond donors (Lipinski definition) is 2. The van der Waals surface area contributed by atoms with Crippen molar-refractivity contribution in [1.82, 2.24) is 14.8 Å². The molecule has 0 saturated carbocycles. The zero-order valence-electron chi connectivity index (χ0n) is 13.0. The Bertz CT molecular complexity index is 930. The second-order valence-corrected chi connectivity index (χ2v) is 7.09. The van der Waals surface area contributed by atoms with E-state index in [0.29, 0.717) is 21.3 Å². The molecule has 0 saturated heterocycles. The second kappa shape index (κ2) is 6.88. The van der Waals surface area contributed by atoms with Crippen LogP contribution in [-0.2, 0) is 4.79 Å². The minimum atomic E-state index is -0.522. The summed E-state index contributed by atoms with van der Waals surface area (Å²) >= 11 is 12.9. The van der Waals surface area contributed by atoms with E-state index in [2.05, 4.69) is 15.5 Å². The third-order valence-corrected chi connectivity index (χ3v) is 5.06. The fourth-order valence-electron chi connectivity index (χ4n) is 2.33. The average Bonchev–Trinajstić information content (AvgIpc) is 3.19. The monoisotopic (exact) mass is 378 g/mol. The van der Waals surface area contributed by atoms with Crippen molar-refractivity contribution in [2.45, 2.75) is 19.9 Å². The molecule has 1 aromatic carbocycles. The highest BCUT2D eigenvalue weighted by molar-refractivity contribution is 7.71. The number of carbonyl (C=O) groups excluding carboxylic acids is 1. The highest BCUT2D eigenvalue weighted by Crippen LogP contribution is 2.27. The van der Waals surface area contributed by atoms with Crippen molar-refractivity contribution in [3.05, 3.63) is 51.1 Å². The Morgan fingerprint density at radius 1 is 1.46 bits per heavy atom. The van der Waals surface area contributed by atoms with E-state index in [9.17, 15) is 4.79 Å². The first-order valence-electron chi connectivity index (χ1n) is 7.25. The van der Waals surface area contributed by atoms with Crippen molar-refractivity contribution in [3.8, 4) is 10.7 Å². The molecule has 0 radical (unpaired) electrons. The third-order valence-electron chi connectivity index (χ3n) is 3.67. The summed E-state index contributed by atoms with van der Waals surface area (Å²) in [6, 6.07) is 8.74. The van der Waals surface area contributed by atoms with Crippen molar-refractivity contribution in [2.75, 3.05) is 5.32 Å². The Morgan fingerprint density at radius 2 is 2.25 bits per heavy atom. The number of nitrogens with zero attached hydrogens (tertiary/aromatic N) is 2. The van der Waals surface area contributed by atoms with Crippen LogP contribution in [0.4, 0.5) is 5.69 Å². The molecule has 0 aliphatic carbocycles. The molecule has 0 spiro atoms. The molecule has 24 heavy (non-hydrogen) atoms. The molecule has 8 heteroatoms.